The van der Waals surface area contributed by atoms with Crippen molar-refractivity contribution < 1.29 is 32.0 Å². The van der Waals surface area contributed by atoms with E-state index >= 15 is 0 Å². The van der Waals surface area contributed by atoms with E-state index in [2.05, 4.69) is 10.3 Å². The Kier molecular flexibility index (Phi) is 6.37. The normalized spacial score (nSPS) is 22.2. The van der Waals surface area contributed by atoms with Gasteiger partial charge in [0.1, 0.15) is 6.10 Å². The lowest BCUT2D eigenvalue weighted by molar-refractivity contribution is -0.275. The minimum absolute atomic E-state index is 0.0131. The highest BCUT2D eigenvalue weighted by atomic mass is 35.5. The summed E-state index contributed by atoms with van der Waals surface area (Å²) in [5.74, 6) is -1.19. The summed E-state index contributed by atoms with van der Waals surface area (Å²) in [6.45, 7) is 3.49. The fraction of sp³-hybridized carbons (Fsp3) is 0.348. The smallest absolute Gasteiger partial charge is 0.392 e. The summed E-state index contributed by atoms with van der Waals surface area (Å²) in [5.41, 5.74) is -1.18. The first kappa shape index (κ1) is 24.5. The molecule has 0 bridgehead atoms. The largest absolute Gasteiger partial charge is 0.435 e. The third-order valence-corrected chi connectivity index (χ3v) is 6.34. The van der Waals surface area contributed by atoms with Gasteiger partial charge in [0.2, 0.25) is 0 Å². The monoisotopic (exact) mass is 516 g/mol. The number of alkyl halides is 3. The van der Waals surface area contributed by atoms with Crippen molar-refractivity contribution in [2.24, 2.45) is 10.3 Å². The van der Waals surface area contributed by atoms with Crippen LogP contribution in [0.4, 0.5) is 17.6 Å². The Morgan fingerprint density at radius 2 is 1.82 bits per heavy atom. The quantitative estimate of drug-likeness (QED) is 0.250. The molecule has 0 amide bonds. The molecule has 2 aromatic carbocycles. The van der Waals surface area contributed by atoms with Gasteiger partial charge >= 0.3 is 6.18 Å². The Morgan fingerprint density at radius 3 is 2.38 bits per heavy atom. The number of ketones is 1. The molecule has 0 saturated heterocycles. The number of Topliss-reactive ketones (excluding diaryl/α,β-unsaturated/α-hetero) is 1. The molecule has 0 spiro atoms. The van der Waals surface area contributed by atoms with Gasteiger partial charge in [-0.05, 0) is 43.2 Å². The summed E-state index contributed by atoms with van der Waals surface area (Å²) in [4.78, 5) is 22.8. The van der Waals surface area contributed by atoms with Crippen LogP contribution in [0.1, 0.15) is 53.2 Å². The highest BCUT2D eigenvalue weighted by Crippen LogP contribution is 2.50. The van der Waals surface area contributed by atoms with Crippen molar-refractivity contribution in [3.8, 4) is 0 Å². The first-order valence-corrected chi connectivity index (χ1v) is 11.0. The van der Waals surface area contributed by atoms with Gasteiger partial charge in [0.25, 0.3) is 5.60 Å². The number of hydrogen-bond acceptors (Lipinski definition) is 5. The second kappa shape index (κ2) is 8.85. The van der Waals surface area contributed by atoms with Gasteiger partial charge in [-0.1, -0.05) is 45.6 Å². The number of oxime groups is 2. The van der Waals surface area contributed by atoms with Gasteiger partial charge in [-0.15, -0.1) is 0 Å². The Labute approximate surface area is 202 Å². The predicted octanol–water partition coefficient (Wildman–Crippen LogP) is 6.76. The van der Waals surface area contributed by atoms with E-state index < -0.39 is 39.6 Å². The number of nitrogens with zero attached hydrogens (tertiary/aromatic N) is 2. The molecule has 0 saturated carbocycles. The molecule has 0 radical (unpaired) electrons. The molecule has 0 aromatic heterocycles. The second-order valence-electron chi connectivity index (χ2n) is 8.30. The zero-order valence-corrected chi connectivity index (χ0v) is 19.5. The number of carbonyl (C=O) groups is 1. The summed E-state index contributed by atoms with van der Waals surface area (Å²) >= 11 is 11.5. The van der Waals surface area contributed by atoms with E-state index in [9.17, 15) is 22.4 Å². The Hall–Kier alpha value is -2.65. The molecule has 1 unspecified atom stereocenters. The van der Waals surface area contributed by atoms with Crippen molar-refractivity contribution in [1.82, 2.24) is 0 Å². The number of halogens is 6. The average Bonchev–Trinajstić information content (AvgIpc) is 3.38. The molecule has 2 heterocycles. The molecule has 5 nitrogen and oxygen atoms in total. The van der Waals surface area contributed by atoms with Gasteiger partial charge in [-0.2, -0.15) is 13.2 Å². The average molecular weight is 517 g/mol. The molecule has 11 heteroatoms. The molecule has 2 aliphatic rings. The van der Waals surface area contributed by atoms with Gasteiger partial charge in [0, 0.05) is 24.0 Å². The SMILES string of the molecule is CC1=NOC(CC(=O)c2ccc(C3=NO[C@@](c4cc(Cl)c(F)c(Cl)c4)(C(F)(F)F)C3)cc2C)C1. The van der Waals surface area contributed by atoms with Crippen LogP contribution in [-0.4, -0.2) is 29.5 Å². The molecule has 2 aromatic rings. The molecule has 4 rings (SSSR count). The number of aryl methyl sites for hydroxylation is 1. The van der Waals surface area contributed by atoms with Crippen molar-refractivity contribution in [3.05, 3.63) is 68.4 Å². The van der Waals surface area contributed by atoms with Crippen molar-refractivity contribution in [2.75, 3.05) is 0 Å². The number of rotatable bonds is 5. The van der Waals surface area contributed by atoms with E-state index in [0.717, 1.165) is 17.8 Å². The molecule has 0 aliphatic carbocycles. The minimum atomic E-state index is -4.91. The van der Waals surface area contributed by atoms with Crippen molar-refractivity contribution in [1.29, 1.82) is 0 Å². The van der Waals surface area contributed by atoms with Crippen LogP contribution in [0, 0.1) is 12.7 Å². The van der Waals surface area contributed by atoms with Crippen LogP contribution in [0.3, 0.4) is 0 Å². The van der Waals surface area contributed by atoms with Crippen LogP contribution in [-0.2, 0) is 15.3 Å². The van der Waals surface area contributed by atoms with Gasteiger partial charge in [0.15, 0.2) is 11.6 Å². The standard InChI is InChI=1S/C23H18Cl2F4N2O3/c1-11-5-13(3-4-16(11)20(32)9-15-6-12(2)30-33-15)19-10-22(34-31-19,23(27,28)29)14-7-17(24)21(26)18(25)8-14/h3-5,7-8,15H,6,9-10H2,1-2H3/t15?,22-/m0/s1. The summed E-state index contributed by atoms with van der Waals surface area (Å²) in [7, 11) is 0. The van der Waals surface area contributed by atoms with Crippen molar-refractivity contribution in [2.45, 2.75) is 51.0 Å². The van der Waals surface area contributed by atoms with E-state index in [0.29, 0.717) is 23.1 Å². The van der Waals surface area contributed by atoms with E-state index in [-0.39, 0.29) is 24.0 Å². The maximum atomic E-state index is 14.2. The molecule has 0 N–H and O–H groups in total. The van der Waals surface area contributed by atoms with Crippen LogP contribution in [0.15, 0.2) is 40.6 Å². The summed E-state index contributed by atoms with van der Waals surface area (Å²) in [5, 5.41) is 6.40. The molecule has 2 aliphatic heterocycles. The van der Waals surface area contributed by atoms with Crippen LogP contribution in [0.5, 0.6) is 0 Å². The number of benzene rings is 2. The molecule has 180 valence electrons. The zero-order valence-electron chi connectivity index (χ0n) is 18.0. The fourth-order valence-corrected chi connectivity index (χ4v) is 4.49. The first-order chi connectivity index (χ1) is 15.9. The van der Waals surface area contributed by atoms with Crippen molar-refractivity contribution >= 4 is 40.4 Å². The van der Waals surface area contributed by atoms with Crippen LogP contribution >= 0.6 is 23.2 Å². The summed E-state index contributed by atoms with van der Waals surface area (Å²) in [6, 6.07) is 6.29. The van der Waals surface area contributed by atoms with Crippen LogP contribution < -0.4 is 0 Å². The topological polar surface area (TPSA) is 60.2 Å². The maximum absolute atomic E-state index is 14.2. The summed E-state index contributed by atoms with van der Waals surface area (Å²) in [6.07, 6.45) is -5.23. The second-order valence-corrected chi connectivity index (χ2v) is 9.11. The lowest BCUT2D eigenvalue weighted by atomic mass is 9.86. The third-order valence-electron chi connectivity index (χ3n) is 5.79. The Morgan fingerprint density at radius 1 is 1.15 bits per heavy atom. The fourth-order valence-electron chi connectivity index (χ4n) is 4.00. The number of carbonyl (C=O) groups excluding carboxylic acids is 1. The summed E-state index contributed by atoms with van der Waals surface area (Å²) < 4.78 is 56.3. The maximum Gasteiger partial charge on any atom is 0.435 e. The molecular formula is C23H18Cl2F4N2O3. The van der Waals surface area contributed by atoms with E-state index in [1.54, 1.807) is 13.0 Å². The lowest BCUT2D eigenvalue weighted by Gasteiger charge is -2.29. The molecule has 2 atom stereocenters. The molecule has 0 fully saturated rings. The Bertz CT molecular complexity index is 1210. The van der Waals surface area contributed by atoms with Gasteiger partial charge in [-0.25, -0.2) is 4.39 Å². The van der Waals surface area contributed by atoms with E-state index in [1.807, 2.05) is 6.92 Å². The van der Waals surface area contributed by atoms with Gasteiger partial charge in [0.05, 0.1) is 27.9 Å². The highest BCUT2D eigenvalue weighted by Gasteiger charge is 2.62. The van der Waals surface area contributed by atoms with E-state index in [4.69, 9.17) is 32.9 Å². The highest BCUT2D eigenvalue weighted by molar-refractivity contribution is 6.35. The Balaban J connectivity index is 1.59. The van der Waals surface area contributed by atoms with Crippen molar-refractivity contribution in [3.63, 3.8) is 0 Å². The first-order valence-electron chi connectivity index (χ1n) is 10.2. The third kappa shape index (κ3) is 4.38. The van der Waals surface area contributed by atoms with Crippen LogP contribution in [0.25, 0.3) is 0 Å². The minimum Gasteiger partial charge on any atom is -0.392 e. The van der Waals surface area contributed by atoms with E-state index in [1.165, 1.54) is 12.1 Å². The van der Waals surface area contributed by atoms with Gasteiger partial charge < -0.3 is 9.68 Å². The zero-order chi connectivity index (χ0) is 24.8. The van der Waals surface area contributed by atoms with Gasteiger partial charge in [-0.3, -0.25) is 4.79 Å². The molecular weight excluding hydrogens is 499 g/mol. The van der Waals surface area contributed by atoms with Crippen LogP contribution in [0.2, 0.25) is 10.0 Å². The number of hydrogen-bond donors (Lipinski definition) is 0. The predicted molar refractivity (Wildman–Crippen MR) is 119 cm³/mol. The molecule has 34 heavy (non-hydrogen) atoms. The lowest BCUT2D eigenvalue weighted by Crippen LogP contribution is -2.42.